The predicted octanol–water partition coefficient (Wildman–Crippen LogP) is 5.09. The maximum Gasteiger partial charge on any atom is 0.244 e. The van der Waals surface area contributed by atoms with Gasteiger partial charge in [0.2, 0.25) is 18.3 Å². The second-order valence-electron chi connectivity index (χ2n) is 7.53. The lowest BCUT2D eigenvalue weighted by molar-refractivity contribution is 0.0976. The van der Waals surface area contributed by atoms with Crippen molar-refractivity contribution in [3.05, 3.63) is 56.6 Å². The zero-order valence-corrected chi connectivity index (χ0v) is 18.8. The Kier molecular flexibility index (Phi) is 4.69. The highest BCUT2D eigenvalue weighted by Crippen LogP contribution is 2.51. The van der Waals surface area contributed by atoms with Crippen LogP contribution in [0.2, 0.25) is 0 Å². The number of ether oxygens (including phenoxy) is 3. The van der Waals surface area contributed by atoms with Crippen LogP contribution in [0.25, 0.3) is 17.0 Å². The maximum atomic E-state index is 13.7. The molecule has 2 aliphatic rings. The van der Waals surface area contributed by atoms with Gasteiger partial charge in [0, 0.05) is 30.1 Å². The first-order chi connectivity index (χ1) is 14.9. The maximum absolute atomic E-state index is 13.7. The lowest BCUT2D eigenvalue weighted by atomic mass is 10.0. The number of rotatable bonds is 3. The molecule has 160 valence electrons. The Morgan fingerprint density at radius 3 is 2.81 bits per heavy atom. The summed E-state index contributed by atoms with van der Waals surface area (Å²) in [4.78, 5) is 15.4. The van der Waals surface area contributed by atoms with Gasteiger partial charge in [0.15, 0.2) is 17.3 Å². The minimum Gasteiger partial charge on any atom is -0.492 e. The van der Waals surface area contributed by atoms with Crippen molar-refractivity contribution in [3.63, 3.8) is 0 Å². The molecule has 0 aliphatic carbocycles. The molecule has 6 nitrogen and oxygen atoms in total. The van der Waals surface area contributed by atoms with Crippen LogP contribution in [-0.2, 0) is 6.42 Å². The fraction of sp³-hybridized carbons (Fsp3) is 0.261. The number of hydrogen-bond acceptors (Lipinski definition) is 6. The summed E-state index contributed by atoms with van der Waals surface area (Å²) in [6.07, 6.45) is 2.46. The molecule has 0 radical (unpaired) electrons. The fourth-order valence-corrected chi connectivity index (χ4v) is 4.84. The molecule has 0 bridgehead atoms. The van der Waals surface area contributed by atoms with Gasteiger partial charge >= 0.3 is 0 Å². The van der Waals surface area contributed by atoms with E-state index < -0.39 is 0 Å². The van der Waals surface area contributed by atoms with Crippen molar-refractivity contribution in [1.29, 1.82) is 0 Å². The summed E-state index contributed by atoms with van der Waals surface area (Å²) in [5.41, 5.74) is 3.26. The van der Waals surface area contributed by atoms with Crippen LogP contribution in [0.5, 0.6) is 17.2 Å². The highest BCUT2D eigenvalue weighted by atomic mass is 79.9. The van der Waals surface area contributed by atoms with E-state index in [0.717, 1.165) is 15.6 Å². The minimum atomic E-state index is -0.374. The molecular formula is C23H19BrFNO5. The van der Waals surface area contributed by atoms with Gasteiger partial charge in [-0.05, 0) is 59.1 Å². The lowest BCUT2D eigenvalue weighted by Gasteiger charge is -2.19. The van der Waals surface area contributed by atoms with Crippen LogP contribution in [0.1, 0.15) is 27.2 Å². The molecule has 8 heteroatoms. The number of benzene rings is 2. The number of carbonyl (C=O) groups excluding carboxylic acids is 1. The molecule has 0 fully saturated rings. The molecule has 0 saturated heterocycles. The van der Waals surface area contributed by atoms with E-state index in [1.165, 1.54) is 18.2 Å². The second kappa shape index (κ2) is 7.30. The summed E-state index contributed by atoms with van der Waals surface area (Å²) in [6.45, 7) is 2.47. The number of ketones is 1. The zero-order chi connectivity index (χ0) is 21.9. The van der Waals surface area contributed by atoms with Gasteiger partial charge in [0.25, 0.3) is 0 Å². The molecule has 5 rings (SSSR count). The summed E-state index contributed by atoms with van der Waals surface area (Å²) in [7, 11) is 3.42. The molecule has 3 aromatic rings. The van der Waals surface area contributed by atoms with Crippen LogP contribution in [0.3, 0.4) is 0 Å². The number of Topliss-reactive ketones (excluding diaryl/α,β-unsaturated/α-hetero) is 1. The van der Waals surface area contributed by atoms with Crippen molar-refractivity contribution < 1.29 is 27.8 Å². The number of fused-ring (bicyclic) bond motifs is 3. The summed E-state index contributed by atoms with van der Waals surface area (Å²) in [6, 6.07) is 4.24. The van der Waals surface area contributed by atoms with Crippen LogP contribution < -0.4 is 14.2 Å². The number of aryl methyl sites for hydroxylation is 1. The monoisotopic (exact) mass is 487 g/mol. The van der Waals surface area contributed by atoms with Crippen molar-refractivity contribution >= 4 is 38.8 Å². The van der Waals surface area contributed by atoms with Gasteiger partial charge in [-0.1, -0.05) is 0 Å². The summed E-state index contributed by atoms with van der Waals surface area (Å²) in [5, 5.41) is 0.587. The molecule has 2 aliphatic heterocycles. The third-order valence-electron chi connectivity index (χ3n) is 5.78. The number of methoxy groups -OCH3 is 1. The average molecular weight is 488 g/mol. The highest BCUT2D eigenvalue weighted by Gasteiger charge is 2.32. The Bertz CT molecular complexity index is 1280. The lowest BCUT2D eigenvalue weighted by Crippen LogP contribution is -2.24. The van der Waals surface area contributed by atoms with E-state index >= 15 is 0 Å². The van der Waals surface area contributed by atoms with Crippen molar-refractivity contribution in [2.75, 3.05) is 27.5 Å². The van der Waals surface area contributed by atoms with E-state index in [1.54, 1.807) is 20.1 Å². The number of carbonyl (C=O) groups is 1. The van der Waals surface area contributed by atoms with Gasteiger partial charge in [0.1, 0.15) is 11.4 Å². The first-order valence-electron chi connectivity index (χ1n) is 9.74. The highest BCUT2D eigenvalue weighted by molar-refractivity contribution is 9.10. The van der Waals surface area contributed by atoms with Crippen LogP contribution in [0.4, 0.5) is 4.39 Å². The molecule has 0 unspecified atom stereocenters. The summed E-state index contributed by atoms with van der Waals surface area (Å²) in [5.74, 6) is 1.18. The van der Waals surface area contributed by atoms with Crippen molar-refractivity contribution in [2.45, 2.75) is 13.3 Å². The van der Waals surface area contributed by atoms with Crippen molar-refractivity contribution in [1.82, 2.24) is 4.90 Å². The number of hydrogen-bond donors (Lipinski definition) is 0. The Morgan fingerprint density at radius 2 is 2.03 bits per heavy atom. The Morgan fingerprint density at radius 1 is 1.26 bits per heavy atom. The molecule has 3 heterocycles. The molecule has 1 aromatic heterocycles. The van der Waals surface area contributed by atoms with Crippen molar-refractivity contribution in [2.24, 2.45) is 0 Å². The van der Waals surface area contributed by atoms with E-state index in [0.29, 0.717) is 52.4 Å². The van der Waals surface area contributed by atoms with E-state index in [-0.39, 0.29) is 24.2 Å². The smallest absolute Gasteiger partial charge is 0.244 e. The normalized spacial score (nSPS) is 15.0. The van der Waals surface area contributed by atoms with Gasteiger partial charge < -0.3 is 23.5 Å². The topological polar surface area (TPSA) is 61.1 Å². The fourth-order valence-electron chi connectivity index (χ4n) is 4.14. The van der Waals surface area contributed by atoms with Gasteiger partial charge in [0.05, 0.1) is 17.3 Å². The zero-order valence-electron chi connectivity index (χ0n) is 17.2. The summed E-state index contributed by atoms with van der Waals surface area (Å²) >= 11 is 3.63. The van der Waals surface area contributed by atoms with Crippen LogP contribution in [0.15, 0.2) is 32.8 Å². The van der Waals surface area contributed by atoms with E-state index in [1.807, 2.05) is 11.9 Å². The van der Waals surface area contributed by atoms with Gasteiger partial charge in [-0.2, -0.15) is 0 Å². The molecule has 0 atom stereocenters. The first-order valence-corrected chi connectivity index (χ1v) is 10.5. The van der Waals surface area contributed by atoms with E-state index in [9.17, 15) is 9.18 Å². The Balaban J connectivity index is 1.68. The van der Waals surface area contributed by atoms with Gasteiger partial charge in [-0.25, -0.2) is 4.39 Å². The largest absolute Gasteiger partial charge is 0.492 e. The van der Waals surface area contributed by atoms with E-state index in [2.05, 4.69) is 15.9 Å². The number of nitrogens with zero attached hydrogens (tertiary/aromatic N) is 1. The molecule has 2 aromatic carbocycles. The summed E-state index contributed by atoms with van der Waals surface area (Å²) < 4.78 is 37.2. The van der Waals surface area contributed by atoms with E-state index in [4.69, 9.17) is 18.6 Å². The standard InChI is InChI=1S/C23H19BrFNO5/c1-11-14-8-12(25)4-5-17(14)31-20(11)19(27)16-9-15-13(6-7-26(16)2)18(24)22-23(21(15)28-3)30-10-29-22/h4-5,8-9H,6-7,10H2,1-3H3. The second-order valence-corrected chi connectivity index (χ2v) is 8.32. The Labute approximate surface area is 186 Å². The molecule has 0 spiro atoms. The average Bonchev–Trinajstić information content (AvgIpc) is 3.31. The van der Waals surface area contributed by atoms with Crippen LogP contribution in [0, 0.1) is 12.7 Å². The number of likely N-dealkylation sites (N-methyl/N-ethyl adjacent to an activating group) is 1. The van der Waals surface area contributed by atoms with Gasteiger partial charge in [-0.3, -0.25) is 4.79 Å². The quantitative estimate of drug-likeness (QED) is 0.479. The SMILES string of the molecule is COc1c2c(c(Br)c3c1OCO3)CCN(C)C(C(=O)c1oc3ccc(F)cc3c1C)=C2. The van der Waals surface area contributed by atoms with Crippen molar-refractivity contribution in [3.8, 4) is 17.2 Å². The van der Waals surface area contributed by atoms with Crippen LogP contribution in [-0.4, -0.2) is 38.2 Å². The number of halogens is 2. The third kappa shape index (κ3) is 3.00. The Hall–Kier alpha value is -3.00. The minimum absolute atomic E-state index is 0.108. The number of furan rings is 1. The number of allylic oxidation sites excluding steroid dienone is 1. The van der Waals surface area contributed by atoms with Gasteiger partial charge in [-0.15, -0.1) is 0 Å². The molecule has 31 heavy (non-hydrogen) atoms. The molecule has 0 amide bonds. The first kappa shape index (κ1) is 19.9. The molecule has 0 saturated carbocycles. The predicted molar refractivity (Wildman–Crippen MR) is 116 cm³/mol. The van der Waals surface area contributed by atoms with Crippen LogP contribution >= 0.6 is 15.9 Å². The molecular weight excluding hydrogens is 469 g/mol. The third-order valence-corrected chi connectivity index (χ3v) is 6.62. The molecule has 0 N–H and O–H groups in total.